The van der Waals surface area contributed by atoms with Crippen LogP contribution in [0.5, 0.6) is 0 Å². The van der Waals surface area contributed by atoms with Crippen molar-refractivity contribution in [2.75, 3.05) is 18.6 Å². The van der Waals surface area contributed by atoms with E-state index in [0.717, 1.165) is 42.9 Å². The molecule has 0 radical (unpaired) electrons. The van der Waals surface area contributed by atoms with Gasteiger partial charge in [-0.1, -0.05) is 74.5 Å². The second-order valence-corrected chi connectivity index (χ2v) is 9.66. The van der Waals surface area contributed by atoms with E-state index >= 15 is 0 Å². The third kappa shape index (κ3) is 6.43. The van der Waals surface area contributed by atoms with Gasteiger partial charge in [0, 0.05) is 0 Å². The minimum Gasteiger partial charge on any atom is -0.307 e. The largest absolute Gasteiger partial charge is 0.307 e. The van der Waals surface area contributed by atoms with Crippen molar-refractivity contribution < 1.29 is 0 Å². The number of hydrogen-bond donors (Lipinski definition) is 1. The number of thioether (sulfide) groups is 1. The summed E-state index contributed by atoms with van der Waals surface area (Å²) in [5.74, 6) is 2.12. The molecule has 0 amide bonds. The molecule has 7 heteroatoms. The lowest BCUT2D eigenvalue weighted by molar-refractivity contribution is 0.349. The fraction of sp³-hybridized carbons (Fsp3) is 0.462. The predicted octanol–water partition coefficient (Wildman–Crippen LogP) is 5.00. The number of benzene rings is 2. The summed E-state index contributed by atoms with van der Waals surface area (Å²) in [6.07, 6.45) is 4.77. The van der Waals surface area contributed by atoms with E-state index in [2.05, 4.69) is 71.3 Å². The Morgan fingerprint density at radius 2 is 1.79 bits per heavy atom. The normalized spacial score (nSPS) is 14.0. The third-order valence-electron chi connectivity index (χ3n) is 6.27. The molecule has 0 aliphatic rings. The molecule has 2 aromatic carbocycles. The first kappa shape index (κ1) is 24.9. The molecule has 1 heterocycles. The van der Waals surface area contributed by atoms with Gasteiger partial charge in [0.05, 0.1) is 24.1 Å². The van der Waals surface area contributed by atoms with Crippen molar-refractivity contribution in [3.63, 3.8) is 0 Å². The highest BCUT2D eigenvalue weighted by molar-refractivity contribution is 7.98. The van der Waals surface area contributed by atoms with Crippen LogP contribution in [0.4, 0.5) is 0 Å². The van der Waals surface area contributed by atoms with Crippen LogP contribution in [0.3, 0.4) is 0 Å². The van der Waals surface area contributed by atoms with Crippen molar-refractivity contribution in [1.82, 2.24) is 25.5 Å². The molecule has 0 saturated carbocycles. The first-order valence-electron chi connectivity index (χ1n) is 11.6. The fourth-order valence-electron chi connectivity index (χ4n) is 4.28. The summed E-state index contributed by atoms with van der Waals surface area (Å²) in [6, 6.07) is 23.2. The van der Waals surface area contributed by atoms with Crippen LogP contribution >= 0.6 is 11.8 Å². The molecular weight excluding hydrogens is 428 g/mol. The lowest BCUT2D eigenvalue weighted by atomic mass is 9.70. The molecule has 0 bridgehead atoms. The van der Waals surface area contributed by atoms with Crippen LogP contribution in [0.25, 0.3) is 0 Å². The topological polar surface area (TPSA) is 79.4 Å². The molecule has 0 unspecified atom stereocenters. The Hall–Kier alpha value is -2.69. The molecular formula is C26H34N6S. The van der Waals surface area contributed by atoms with Crippen molar-refractivity contribution in [2.45, 2.75) is 51.1 Å². The Morgan fingerprint density at radius 1 is 1.09 bits per heavy atom. The van der Waals surface area contributed by atoms with Gasteiger partial charge in [0.15, 0.2) is 5.82 Å². The van der Waals surface area contributed by atoms with Crippen molar-refractivity contribution >= 4 is 11.8 Å². The minimum atomic E-state index is -0.480. The van der Waals surface area contributed by atoms with E-state index in [1.165, 1.54) is 5.56 Å². The number of hydrogen-bond acceptors (Lipinski definition) is 6. The van der Waals surface area contributed by atoms with Gasteiger partial charge in [0.2, 0.25) is 0 Å². The zero-order valence-corrected chi connectivity index (χ0v) is 20.6. The predicted molar refractivity (Wildman–Crippen MR) is 135 cm³/mol. The van der Waals surface area contributed by atoms with Crippen LogP contribution in [-0.4, -0.2) is 38.8 Å². The molecule has 1 N–H and O–H groups in total. The monoisotopic (exact) mass is 462 g/mol. The van der Waals surface area contributed by atoms with Gasteiger partial charge in [0.1, 0.15) is 0 Å². The number of tetrazole rings is 1. The first-order valence-corrected chi connectivity index (χ1v) is 13.0. The smallest absolute Gasteiger partial charge is 0.168 e. The average Bonchev–Trinajstić information content (AvgIpc) is 3.30. The standard InChI is InChI=1S/C26H34N6S/c1-21(2)26(20-27,23-13-8-5-9-14-23)16-10-17-28-24(15-18-33-3)25-29-30-31-32(25)19-22-11-6-4-7-12-22/h4-9,11-14,21,24,28H,10,15-19H2,1-3H3/t24-,26-/m0/s1. The highest BCUT2D eigenvalue weighted by Crippen LogP contribution is 2.36. The quantitative estimate of drug-likeness (QED) is 0.360. The summed E-state index contributed by atoms with van der Waals surface area (Å²) < 4.78 is 1.89. The van der Waals surface area contributed by atoms with Gasteiger partial charge in [-0.2, -0.15) is 17.0 Å². The minimum absolute atomic E-state index is 0.0726. The number of rotatable bonds is 13. The average molecular weight is 463 g/mol. The number of nitrogens with zero attached hydrogens (tertiary/aromatic N) is 5. The highest BCUT2D eigenvalue weighted by Gasteiger charge is 2.35. The van der Waals surface area contributed by atoms with Crippen LogP contribution in [0.15, 0.2) is 60.7 Å². The molecule has 0 saturated heterocycles. The maximum Gasteiger partial charge on any atom is 0.168 e. The Kier molecular flexibility index (Phi) is 9.47. The van der Waals surface area contributed by atoms with Crippen molar-refractivity contribution in [1.29, 1.82) is 5.26 Å². The van der Waals surface area contributed by atoms with Crippen LogP contribution in [-0.2, 0) is 12.0 Å². The Morgan fingerprint density at radius 3 is 2.42 bits per heavy atom. The Bertz CT molecular complexity index is 998. The molecule has 0 fully saturated rings. The van der Waals surface area contributed by atoms with E-state index in [-0.39, 0.29) is 12.0 Å². The molecule has 3 rings (SSSR count). The van der Waals surface area contributed by atoms with Gasteiger partial charge >= 0.3 is 0 Å². The maximum atomic E-state index is 10.1. The molecule has 0 aliphatic carbocycles. The number of nitrogens with one attached hydrogen (secondary N) is 1. The van der Waals surface area contributed by atoms with E-state index in [0.29, 0.717) is 6.54 Å². The molecule has 0 spiro atoms. The lowest BCUT2D eigenvalue weighted by Gasteiger charge is -2.31. The second-order valence-electron chi connectivity index (χ2n) is 8.68. The molecule has 2 atom stereocenters. The third-order valence-corrected chi connectivity index (χ3v) is 6.91. The van der Waals surface area contributed by atoms with Crippen molar-refractivity contribution in [2.24, 2.45) is 5.92 Å². The fourth-order valence-corrected chi connectivity index (χ4v) is 4.75. The summed E-state index contributed by atoms with van der Waals surface area (Å²) >= 11 is 1.82. The van der Waals surface area contributed by atoms with Crippen LogP contribution in [0.1, 0.15) is 56.1 Å². The summed E-state index contributed by atoms with van der Waals surface area (Å²) in [5.41, 5.74) is 1.80. The van der Waals surface area contributed by atoms with Gasteiger partial charge in [-0.25, -0.2) is 4.68 Å². The summed E-state index contributed by atoms with van der Waals surface area (Å²) in [5, 5.41) is 26.4. The van der Waals surface area contributed by atoms with Gasteiger partial charge in [-0.05, 0) is 65.3 Å². The van der Waals surface area contributed by atoms with Crippen molar-refractivity contribution in [3.8, 4) is 6.07 Å². The molecule has 1 aromatic heterocycles. The van der Waals surface area contributed by atoms with E-state index < -0.39 is 5.41 Å². The van der Waals surface area contributed by atoms with E-state index in [1.54, 1.807) is 0 Å². The van der Waals surface area contributed by atoms with E-state index in [9.17, 15) is 5.26 Å². The van der Waals surface area contributed by atoms with Crippen LogP contribution < -0.4 is 5.32 Å². The van der Waals surface area contributed by atoms with Gasteiger partial charge in [0.25, 0.3) is 0 Å². The summed E-state index contributed by atoms with van der Waals surface area (Å²) in [6.45, 7) is 5.74. The lowest BCUT2D eigenvalue weighted by Crippen LogP contribution is -2.33. The maximum absolute atomic E-state index is 10.1. The molecule has 33 heavy (non-hydrogen) atoms. The first-order chi connectivity index (χ1) is 16.1. The molecule has 0 aliphatic heterocycles. The van der Waals surface area contributed by atoms with Crippen molar-refractivity contribution in [3.05, 3.63) is 77.6 Å². The van der Waals surface area contributed by atoms with Gasteiger partial charge < -0.3 is 5.32 Å². The summed E-state index contributed by atoms with van der Waals surface area (Å²) in [7, 11) is 0. The molecule has 3 aromatic rings. The van der Waals surface area contributed by atoms with Crippen LogP contribution in [0, 0.1) is 17.2 Å². The highest BCUT2D eigenvalue weighted by atomic mass is 32.2. The molecule has 6 nitrogen and oxygen atoms in total. The van der Waals surface area contributed by atoms with Gasteiger partial charge in [-0.15, -0.1) is 5.10 Å². The Labute approximate surface area is 201 Å². The second kappa shape index (κ2) is 12.5. The molecule has 174 valence electrons. The Balaban J connectivity index is 1.67. The number of nitriles is 1. The van der Waals surface area contributed by atoms with E-state index in [4.69, 9.17) is 0 Å². The number of aromatic nitrogens is 4. The SMILES string of the molecule is CSCC[C@H](NCCC[C@@](C#N)(c1ccccc1)C(C)C)c1nnnn1Cc1ccccc1. The zero-order valence-electron chi connectivity index (χ0n) is 19.8. The zero-order chi connectivity index (χ0) is 23.5. The van der Waals surface area contributed by atoms with Crippen LogP contribution in [0.2, 0.25) is 0 Å². The van der Waals surface area contributed by atoms with Gasteiger partial charge in [-0.3, -0.25) is 0 Å². The summed E-state index contributed by atoms with van der Waals surface area (Å²) in [4.78, 5) is 0. The van der Waals surface area contributed by atoms with E-state index in [1.807, 2.05) is 52.8 Å².